The Kier molecular flexibility index (Phi) is 8.47. The Morgan fingerprint density at radius 3 is 2.09 bits per heavy atom. The summed E-state index contributed by atoms with van der Waals surface area (Å²) < 4.78 is 1.69. The fourth-order valence-corrected chi connectivity index (χ4v) is 2.82. The molecule has 0 heterocycles. The van der Waals surface area contributed by atoms with Gasteiger partial charge in [0.2, 0.25) is 0 Å². The van der Waals surface area contributed by atoms with Crippen molar-refractivity contribution in [3.8, 4) is 0 Å². The molecule has 0 aromatic rings. The van der Waals surface area contributed by atoms with Gasteiger partial charge in [0.05, 0.1) is 0 Å². The summed E-state index contributed by atoms with van der Waals surface area (Å²) in [7, 11) is 0. The van der Waals surface area contributed by atoms with Gasteiger partial charge in [0.1, 0.15) is 0 Å². The molecule has 0 unspecified atom stereocenters. The quantitative estimate of drug-likeness (QED) is 0.426. The van der Waals surface area contributed by atoms with Crippen molar-refractivity contribution < 1.29 is 49.2 Å². The van der Waals surface area contributed by atoms with Gasteiger partial charge in [-0.05, 0) is 0 Å². The molecule has 0 radical (unpaired) electrons. The first-order valence-electron chi connectivity index (χ1n) is 3.33. The van der Waals surface area contributed by atoms with Crippen LogP contribution in [-0.4, -0.2) is 0 Å². The van der Waals surface area contributed by atoms with Crippen LogP contribution in [0.4, 0.5) is 0 Å². The molecule has 0 fully saturated rings. The van der Waals surface area contributed by atoms with Crippen molar-refractivity contribution in [2.24, 2.45) is 5.92 Å². The summed E-state index contributed by atoms with van der Waals surface area (Å²) in [5, 5.41) is 0. The summed E-state index contributed by atoms with van der Waals surface area (Å²) in [6, 6.07) is 0. The van der Waals surface area contributed by atoms with E-state index in [1.165, 1.54) is 30.8 Å². The molecule has 0 aromatic carbocycles. The van der Waals surface area contributed by atoms with Crippen LogP contribution in [0.1, 0.15) is 20.3 Å². The third-order valence-corrected chi connectivity index (χ3v) is 3.36. The van der Waals surface area contributed by atoms with Gasteiger partial charge in [0.25, 0.3) is 0 Å². The minimum Gasteiger partial charge on any atom is -1.00 e. The SMILES string of the molecule is CC(C)C1=[C]([Hf+2])CC=C1.[Cl-].[Cl-]. The van der Waals surface area contributed by atoms with E-state index >= 15 is 0 Å². The summed E-state index contributed by atoms with van der Waals surface area (Å²) in [6.45, 7) is 4.53. The maximum Gasteiger partial charge on any atom is -1.00 e. The molecular formula is C8H11Cl2Hf. The van der Waals surface area contributed by atoms with Crippen molar-refractivity contribution in [3.05, 3.63) is 21.1 Å². The van der Waals surface area contributed by atoms with E-state index in [0.717, 1.165) is 5.92 Å². The normalized spacial score (nSPS) is 15.0. The molecule has 0 bridgehead atoms. The summed E-state index contributed by atoms with van der Waals surface area (Å²) >= 11 is 1.25. The Bertz CT molecular complexity index is 171. The fourth-order valence-electron chi connectivity index (χ4n) is 1.06. The Labute approximate surface area is 95.9 Å². The molecule has 3 heteroatoms. The molecule has 0 spiro atoms. The molecule has 0 aromatic heterocycles. The second-order valence-electron chi connectivity index (χ2n) is 2.70. The van der Waals surface area contributed by atoms with Gasteiger partial charge >= 0.3 is 71.6 Å². The molecule has 1 aliphatic rings. The first kappa shape index (κ1) is 14.5. The molecule has 0 N–H and O–H groups in total. The summed E-state index contributed by atoms with van der Waals surface area (Å²) in [6.07, 6.45) is 5.80. The minimum atomic E-state index is 0. The predicted molar refractivity (Wildman–Crippen MR) is 35.6 cm³/mol. The largest absolute Gasteiger partial charge is 1.00 e. The zero-order valence-electron chi connectivity index (χ0n) is 6.70. The minimum absolute atomic E-state index is 0. The molecule has 0 aliphatic heterocycles. The maximum atomic E-state index is 2.28. The van der Waals surface area contributed by atoms with E-state index in [1.54, 1.807) is 8.90 Å². The number of rotatable bonds is 1. The van der Waals surface area contributed by atoms with Crippen LogP contribution in [0.25, 0.3) is 0 Å². The first-order chi connectivity index (χ1) is 4.22. The van der Waals surface area contributed by atoms with Gasteiger partial charge in [0, 0.05) is 0 Å². The molecule has 0 saturated carbocycles. The Morgan fingerprint density at radius 2 is 1.91 bits per heavy atom. The van der Waals surface area contributed by atoms with Gasteiger partial charge < -0.3 is 24.8 Å². The summed E-state index contributed by atoms with van der Waals surface area (Å²) in [5.41, 5.74) is 1.60. The van der Waals surface area contributed by atoms with Crippen LogP contribution in [0, 0.1) is 5.92 Å². The van der Waals surface area contributed by atoms with Gasteiger partial charge in [-0.2, -0.15) is 0 Å². The Balaban J connectivity index is 0. The molecule has 1 rings (SSSR count). The van der Waals surface area contributed by atoms with Gasteiger partial charge in [0.15, 0.2) is 0 Å². The molecular weight excluding hydrogens is 345 g/mol. The van der Waals surface area contributed by atoms with Gasteiger partial charge in [-0.25, -0.2) is 0 Å². The van der Waals surface area contributed by atoms with E-state index < -0.39 is 0 Å². The number of allylic oxidation sites excluding steroid dienone is 4. The number of halogens is 2. The topological polar surface area (TPSA) is 0 Å². The van der Waals surface area contributed by atoms with Crippen molar-refractivity contribution >= 4 is 0 Å². The van der Waals surface area contributed by atoms with E-state index in [9.17, 15) is 0 Å². The van der Waals surface area contributed by atoms with E-state index in [1.807, 2.05) is 0 Å². The van der Waals surface area contributed by atoms with Crippen molar-refractivity contribution in [2.75, 3.05) is 0 Å². The van der Waals surface area contributed by atoms with Crippen LogP contribution in [0.5, 0.6) is 0 Å². The number of hydrogen-bond acceptors (Lipinski definition) is 0. The van der Waals surface area contributed by atoms with Crippen LogP contribution < -0.4 is 24.8 Å². The van der Waals surface area contributed by atoms with E-state index in [0.29, 0.717) is 0 Å². The van der Waals surface area contributed by atoms with E-state index in [2.05, 4.69) is 26.0 Å². The third-order valence-electron chi connectivity index (χ3n) is 1.59. The fraction of sp³-hybridized carbons (Fsp3) is 0.500. The van der Waals surface area contributed by atoms with Crippen LogP contribution in [0.3, 0.4) is 0 Å². The molecule has 0 atom stereocenters. The van der Waals surface area contributed by atoms with Crippen molar-refractivity contribution in [3.63, 3.8) is 0 Å². The van der Waals surface area contributed by atoms with Crippen LogP contribution >= 0.6 is 0 Å². The molecule has 0 amide bonds. The molecule has 0 saturated heterocycles. The van der Waals surface area contributed by atoms with Crippen LogP contribution in [0.15, 0.2) is 21.1 Å². The zero-order chi connectivity index (χ0) is 6.85. The smallest absolute Gasteiger partial charge is 1.00 e. The Morgan fingerprint density at radius 1 is 1.36 bits per heavy atom. The second-order valence-corrected chi connectivity index (χ2v) is 4.86. The zero-order valence-corrected chi connectivity index (χ0v) is 11.8. The van der Waals surface area contributed by atoms with E-state index in [-0.39, 0.29) is 24.8 Å². The Hall–Kier alpha value is 0.930. The van der Waals surface area contributed by atoms with Crippen molar-refractivity contribution in [1.82, 2.24) is 0 Å². The second kappa shape index (κ2) is 6.45. The van der Waals surface area contributed by atoms with Gasteiger partial charge in [-0.15, -0.1) is 0 Å². The van der Waals surface area contributed by atoms with E-state index in [4.69, 9.17) is 0 Å². The van der Waals surface area contributed by atoms with Gasteiger partial charge in [-0.3, -0.25) is 0 Å². The van der Waals surface area contributed by atoms with Gasteiger partial charge in [-0.1, -0.05) is 0 Å². The molecule has 0 nitrogen and oxygen atoms in total. The van der Waals surface area contributed by atoms with Crippen LogP contribution in [-0.2, 0) is 24.4 Å². The summed E-state index contributed by atoms with van der Waals surface area (Å²) in [4.78, 5) is 0. The number of hydrogen-bond donors (Lipinski definition) is 0. The standard InChI is InChI=1S/C8H11.2ClH.Hf/c1-7(2)8-5-3-4-6-8;;;/h3,5,7H,4H2,1-2H3;2*1H;/q;;;+2/p-2. The molecule has 1 aliphatic carbocycles. The average molecular weight is 357 g/mol. The monoisotopic (exact) mass is 357 g/mol. The maximum absolute atomic E-state index is 2.28. The first-order valence-corrected chi connectivity index (χ1v) is 5.12. The summed E-state index contributed by atoms with van der Waals surface area (Å²) in [5.74, 6) is 0.747. The average Bonchev–Trinajstić information content (AvgIpc) is 2.13. The molecule has 61 valence electrons. The van der Waals surface area contributed by atoms with Crippen molar-refractivity contribution in [1.29, 1.82) is 0 Å². The van der Waals surface area contributed by atoms with Crippen LogP contribution in [0.2, 0.25) is 0 Å². The molecule has 11 heavy (non-hydrogen) atoms. The van der Waals surface area contributed by atoms with Crippen molar-refractivity contribution in [2.45, 2.75) is 20.3 Å². The third kappa shape index (κ3) is 3.91. The predicted octanol–water partition coefficient (Wildman–Crippen LogP) is -3.59.